The van der Waals surface area contributed by atoms with Crippen LogP contribution in [0.5, 0.6) is 0 Å². The summed E-state index contributed by atoms with van der Waals surface area (Å²) in [5.74, 6) is -1.64. The van der Waals surface area contributed by atoms with Crippen LogP contribution in [0.15, 0.2) is 24.3 Å². The lowest BCUT2D eigenvalue weighted by Gasteiger charge is -2.22. The van der Waals surface area contributed by atoms with Gasteiger partial charge >= 0.3 is 5.97 Å². The molecule has 0 aromatic heterocycles. The summed E-state index contributed by atoms with van der Waals surface area (Å²) in [6.45, 7) is 1.56. The van der Waals surface area contributed by atoms with E-state index in [0.29, 0.717) is 11.1 Å². The molecule has 2 atom stereocenters. The van der Waals surface area contributed by atoms with Gasteiger partial charge in [0, 0.05) is 5.56 Å². The number of rotatable bonds is 0. The standard InChI is InChI=1S/C12H8Cl2O3/c1-11-8(12(13,14)10(16)17-11)6-4-2-3-5-7(6)9(11)15/h2-5,8H,1H3/t8-,11+/m1/s1. The second-order valence-electron chi connectivity index (χ2n) is 4.47. The molecule has 0 unspecified atom stereocenters. The Kier molecular flexibility index (Phi) is 1.97. The average Bonchev–Trinajstić information content (AvgIpc) is 2.59. The molecule has 2 aliphatic rings. The molecule has 5 heteroatoms. The zero-order valence-corrected chi connectivity index (χ0v) is 10.4. The molecule has 3 rings (SSSR count). The fourth-order valence-corrected chi connectivity index (χ4v) is 3.40. The largest absolute Gasteiger partial charge is 0.448 e. The SMILES string of the molecule is C[C@]12OC(=O)C(Cl)(Cl)[C@@H]1c1ccccc1C2=O. The van der Waals surface area contributed by atoms with E-state index in [4.69, 9.17) is 27.9 Å². The molecule has 1 aromatic rings. The van der Waals surface area contributed by atoms with Crippen molar-refractivity contribution in [3.8, 4) is 0 Å². The third-order valence-corrected chi connectivity index (χ3v) is 4.20. The molecule has 17 heavy (non-hydrogen) atoms. The topological polar surface area (TPSA) is 43.4 Å². The monoisotopic (exact) mass is 270 g/mol. The Morgan fingerprint density at radius 3 is 2.59 bits per heavy atom. The van der Waals surface area contributed by atoms with Crippen LogP contribution in [0, 0.1) is 0 Å². The van der Waals surface area contributed by atoms with E-state index in [2.05, 4.69) is 0 Å². The van der Waals surface area contributed by atoms with Gasteiger partial charge in [-0.25, -0.2) is 4.79 Å². The normalized spacial score (nSPS) is 33.2. The number of carbonyl (C=O) groups excluding carboxylic acids is 2. The molecular weight excluding hydrogens is 263 g/mol. The van der Waals surface area contributed by atoms with Gasteiger partial charge in [0.05, 0.1) is 5.92 Å². The quantitative estimate of drug-likeness (QED) is 0.537. The van der Waals surface area contributed by atoms with E-state index >= 15 is 0 Å². The number of ketones is 1. The van der Waals surface area contributed by atoms with Gasteiger partial charge in [0.1, 0.15) is 0 Å². The maximum absolute atomic E-state index is 12.2. The van der Waals surface area contributed by atoms with Crippen LogP contribution in [0.1, 0.15) is 28.8 Å². The van der Waals surface area contributed by atoms with Gasteiger partial charge in [-0.2, -0.15) is 0 Å². The van der Waals surface area contributed by atoms with Crippen LogP contribution in [-0.2, 0) is 9.53 Å². The van der Waals surface area contributed by atoms with Crippen molar-refractivity contribution < 1.29 is 14.3 Å². The van der Waals surface area contributed by atoms with Crippen molar-refractivity contribution in [3.63, 3.8) is 0 Å². The van der Waals surface area contributed by atoms with Crippen LogP contribution in [0.3, 0.4) is 0 Å². The Balaban J connectivity index is 2.29. The second kappa shape index (κ2) is 3.03. The van der Waals surface area contributed by atoms with Crippen molar-refractivity contribution in [1.29, 1.82) is 0 Å². The Bertz CT molecular complexity index is 552. The maximum Gasteiger partial charge on any atom is 0.344 e. The number of hydrogen-bond acceptors (Lipinski definition) is 3. The first-order valence-corrected chi connectivity index (χ1v) is 5.89. The summed E-state index contributed by atoms with van der Waals surface area (Å²) in [5, 5.41) is 0. The number of Topliss-reactive ketones (excluding diaryl/α,β-unsaturated/α-hetero) is 1. The first-order chi connectivity index (χ1) is 7.89. The Hall–Kier alpha value is -1.06. The van der Waals surface area contributed by atoms with E-state index in [-0.39, 0.29) is 5.78 Å². The number of esters is 1. The average molecular weight is 271 g/mol. The Morgan fingerprint density at radius 2 is 1.88 bits per heavy atom. The van der Waals surface area contributed by atoms with Crippen molar-refractivity contribution in [1.82, 2.24) is 0 Å². The fraction of sp³-hybridized carbons (Fsp3) is 0.333. The molecule has 1 fully saturated rings. The van der Waals surface area contributed by atoms with Gasteiger partial charge in [-0.3, -0.25) is 4.79 Å². The summed E-state index contributed by atoms with van der Waals surface area (Å²) in [7, 11) is 0. The summed E-state index contributed by atoms with van der Waals surface area (Å²) in [6.07, 6.45) is 0. The molecule has 0 spiro atoms. The molecule has 1 heterocycles. The molecular formula is C12H8Cl2O3. The lowest BCUT2D eigenvalue weighted by Crippen LogP contribution is -2.36. The van der Waals surface area contributed by atoms with E-state index in [1.165, 1.54) is 0 Å². The number of ether oxygens (including phenoxy) is 1. The number of carbonyl (C=O) groups is 2. The maximum atomic E-state index is 12.2. The summed E-state index contributed by atoms with van der Waals surface area (Å²) >= 11 is 12.1. The van der Waals surface area contributed by atoms with Crippen molar-refractivity contribution in [2.45, 2.75) is 22.8 Å². The molecule has 0 amide bonds. The van der Waals surface area contributed by atoms with E-state index < -0.39 is 21.8 Å². The van der Waals surface area contributed by atoms with Gasteiger partial charge in [-0.1, -0.05) is 47.5 Å². The Morgan fingerprint density at radius 1 is 1.24 bits per heavy atom. The van der Waals surface area contributed by atoms with Gasteiger partial charge in [-0.15, -0.1) is 0 Å². The van der Waals surface area contributed by atoms with Crippen LogP contribution < -0.4 is 0 Å². The third-order valence-electron chi connectivity index (χ3n) is 3.46. The Labute approximate surface area is 108 Å². The minimum absolute atomic E-state index is 0.241. The molecule has 0 N–H and O–H groups in total. The van der Waals surface area contributed by atoms with Crippen molar-refractivity contribution in [2.75, 3.05) is 0 Å². The van der Waals surface area contributed by atoms with Crippen molar-refractivity contribution in [3.05, 3.63) is 35.4 Å². The van der Waals surface area contributed by atoms with Gasteiger partial charge in [-0.05, 0) is 12.5 Å². The number of alkyl halides is 2. The molecule has 3 nitrogen and oxygen atoms in total. The number of benzene rings is 1. The van der Waals surface area contributed by atoms with Crippen molar-refractivity contribution >= 4 is 35.0 Å². The molecule has 88 valence electrons. The summed E-state index contributed by atoms with van der Waals surface area (Å²) in [6, 6.07) is 6.99. The molecule has 1 aliphatic carbocycles. The van der Waals surface area contributed by atoms with Crippen molar-refractivity contribution in [2.24, 2.45) is 0 Å². The smallest absolute Gasteiger partial charge is 0.344 e. The highest BCUT2D eigenvalue weighted by molar-refractivity contribution is 6.59. The molecule has 0 saturated carbocycles. The summed E-state index contributed by atoms with van der Waals surface area (Å²) < 4.78 is 3.43. The van der Waals surface area contributed by atoms with E-state index in [9.17, 15) is 9.59 Å². The summed E-state index contributed by atoms with van der Waals surface area (Å²) in [4.78, 5) is 23.9. The number of halogens is 2. The molecule has 0 bridgehead atoms. The molecule has 1 saturated heterocycles. The molecule has 1 aromatic carbocycles. The predicted octanol–water partition coefficient (Wildman–Crippen LogP) is 2.46. The predicted molar refractivity (Wildman–Crippen MR) is 62.4 cm³/mol. The number of hydrogen-bond donors (Lipinski definition) is 0. The lowest BCUT2D eigenvalue weighted by atomic mass is 9.88. The minimum atomic E-state index is -1.70. The highest BCUT2D eigenvalue weighted by Gasteiger charge is 2.69. The van der Waals surface area contributed by atoms with E-state index in [0.717, 1.165) is 0 Å². The van der Waals surface area contributed by atoms with Gasteiger partial charge in [0.2, 0.25) is 10.1 Å². The zero-order chi connectivity index (χ0) is 12.4. The lowest BCUT2D eigenvalue weighted by molar-refractivity contribution is -0.144. The summed E-state index contributed by atoms with van der Waals surface area (Å²) in [5.41, 5.74) is -0.0707. The van der Waals surface area contributed by atoms with Crippen LogP contribution in [-0.4, -0.2) is 21.7 Å². The molecule has 1 aliphatic heterocycles. The van der Waals surface area contributed by atoms with Gasteiger partial charge in [0.15, 0.2) is 5.60 Å². The fourth-order valence-electron chi connectivity index (χ4n) is 2.68. The second-order valence-corrected chi connectivity index (χ2v) is 5.85. The highest BCUT2D eigenvalue weighted by atomic mass is 35.5. The highest BCUT2D eigenvalue weighted by Crippen LogP contribution is 2.58. The van der Waals surface area contributed by atoms with E-state index in [1.54, 1.807) is 31.2 Å². The first-order valence-electron chi connectivity index (χ1n) is 5.14. The first kappa shape index (κ1) is 11.1. The number of fused-ring (bicyclic) bond motifs is 3. The van der Waals surface area contributed by atoms with Crippen LogP contribution in [0.2, 0.25) is 0 Å². The molecule has 0 radical (unpaired) electrons. The van der Waals surface area contributed by atoms with Crippen LogP contribution in [0.4, 0.5) is 0 Å². The van der Waals surface area contributed by atoms with E-state index in [1.807, 2.05) is 0 Å². The van der Waals surface area contributed by atoms with Gasteiger partial charge < -0.3 is 4.74 Å². The minimum Gasteiger partial charge on any atom is -0.448 e. The van der Waals surface area contributed by atoms with Crippen LogP contribution in [0.25, 0.3) is 0 Å². The zero-order valence-electron chi connectivity index (χ0n) is 8.87. The third kappa shape index (κ3) is 1.14. The van der Waals surface area contributed by atoms with Gasteiger partial charge in [0.25, 0.3) is 0 Å². The van der Waals surface area contributed by atoms with Crippen LogP contribution >= 0.6 is 23.2 Å².